The van der Waals surface area contributed by atoms with Gasteiger partial charge >= 0.3 is 0 Å². The fourth-order valence-corrected chi connectivity index (χ4v) is 7.55. The van der Waals surface area contributed by atoms with E-state index in [1.165, 1.54) is 14.3 Å². The summed E-state index contributed by atoms with van der Waals surface area (Å²) >= 11 is 0. The van der Waals surface area contributed by atoms with E-state index in [2.05, 4.69) is 10.2 Å². The molecular formula is C44H40N6O6. The molecule has 8 rings (SSSR count). The number of anilines is 1. The summed E-state index contributed by atoms with van der Waals surface area (Å²) in [7, 11) is 0. The lowest BCUT2D eigenvalue weighted by Crippen LogP contribution is -2.44. The van der Waals surface area contributed by atoms with E-state index in [1.807, 2.05) is 72.8 Å². The Morgan fingerprint density at radius 3 is 2.02 bits per heavy atom. The van der Waals surface area contributed by atoms with Crippen molar-refractivity contribution in [1.82, 2.24) is 24.5 Å². The number of H-pyrrole nitrogens is 2. The number of fused-ring (bicyclic) bond motifs is 3. The first-order valence-corrected chi connectivity index (χ1v) is 18.4. The van der Waals surface area contributed by atoms with Crippen molar-refractivity contribution in [3.05, 3.63) is 171 Å². The minimum absolute atomic E-state index is 0.0115. The number of carbonyl (C=O) groups is 2. The van der Waals surface area contributed by atoms with E-state index in [4.69, 9.17) is 0 Å². The fourth-order valence-electron chi connectivity index (χ4n) is 7.55. The molecule has 0 saturated heterocycles. The van der Waals surface area contributed by atoms with Gasteiger partial charge in [-0.1, -0.05) is 85.8 Å². The highest BCUT2D eigenvalue weighted by atomic mass is 16.3. The number of aromatic amines is 2. The van der Waals surface area contributed by atoms with E-state index in [1.54, 1.807) is 72.5 Å². The summed E-state index contributed by atoms with van der Waals surface area (Å²) in [5, 5.41) is 29.6. The van der Waals surface area contributed by atoms with Gasteiger partial charge in [-0.15, -0.1) is 0 Å². The van der Waals surface area contributed by atoms with Gasteiger partial charge in [-0.2, -0.15) is 0 Å². The van der Waals surface area contributed by atoms with Crippen LogP contribution in [0, 0.1) is 5.92 Å². The molecule has 0 aliphatic carbocycles. The smallest absolute Gasteiger partial charge is 0.279 e. The molecule has 0 spiro atoms. The molecule has 2 amide bonds. The summed E-state index contributed by atoms with van der Waals surface area (Å²) in [6.45, 7) is 2.09. The molecular weight excluding hydrogens is 709 g/mol. The first kappa shape index (κ1) is 36.2. The Morgan fingerprint density at radius 1 is 0.768 bits per heavy atom. The molecule has 1 aliphatic rings. The molecule has 1 aliphatic heterocycles. The van der Waals surface area contributed by atoms with Crippen molar-refractivity contribution >= 4 is 39.3 Å². The summed E-state index contributed by atoms with van der Waals surface area (Å²) in [5.41, 5.74) is 2.23. The highest BCUT2D eigenvalue weighted by Gasteiger charge is 2.52. The van der Waals surface area contributed by atoms with Crippen molar-refractivity contribution in [2.75, 3.05) is 18.1 Å². The second-order valence-electron chi connectivity index (χ2n) is 14.1. The summed E-state index contributed by atoms with van der Waals surface area (Å²) in [4.78, 5) is 57.7. The highest BCUT2D eigenvalue weighted by molar-refractivity contribution is 6.07. The first-order valence-electron chi connectivity index (χ1n) is 18.4. The average molecular weight is 749 g/mol. The Balaban J connectivity index is 1.13. The van der Waals surface area contributed by atoms with Gasteiger partial charge in [0.25, 0.3) is 17.0 Å². The molecule has 0 unspecified atom stereocenters. The molecule has 56 heavy (non-hydrogen) atoms. The maximum absolute atomic E-state index is 14.6. The Labute approximate surface area is 321 Å². The number of hydrogen-bond acceptors (Lipinski definition) is 6. The predicted octanol–water partition coefficient (Wildman–Crippen LogP) is 5.29. The number of nitrogens with zero attached hydrogens (tertiary/aromatic N) is 4. The first-order chi connectivity index (χ1) is 27.2. The number of aliphatic hydroxyl groups excluding tert-OH is 1. The summed E-state index contributed by atoms with van der Waals surface area (Å²) in [5.74, 6) is -1.60. The van der Waals surface area contributed by atoms with Crippen LogP contribution < -0.4 is 16.0 Å². The largest absolute Gasteiger partial charge is 0.395 e. The molecule has 0 bridgehead atoms. The van der Waals surface area contributed by atoms with E-state index < -0.39 is 17.4 Å². The number of aliphatic hydroxyl groups is 2. The van der Waals surface area contributed by atoms with Gasteiger partial charge in [0.2, 0.25) is 5.91 Å². The van der Waals surface area contributed by atoms with E-state index in [9.17, 15) is 29.4 Å². The summed E-state index contributed by atoms with van der Waals surface area (Å²) < 4.78 is 2.85. The number of aromatic nitrogens is 4. The summed E-state index contributed by atoms with van der Waals surface area (Å²) in [6, 6.07) is 36.3. The van der Waals surface area contributed by atoms with Gasteiger partial charge in [-0.3, -0.25) is 29.4 Å². The number of carbonyl (C=O) groups excluding carboxylic acids is 2. The predicted molar refractivity (Wildman–Crippen MR) is 215 cm³/mol. The molecule has 12 nitrogen and oxygen atoms in total. The van der Waals surface area contributed by atoms with Gasteiger partial charge in [0, 0.05) is 31.0 Å². The zero-order chi connectivity index (χ0) is 39.0. The molecule has 0 saturated carbocycles. The lowest BCUT2D eigenvalue weighted by molar-refractivity contribution is -0.139. The van der Waals surface area contributed by atoms with E-state index >= 15 is 0 Å². The third kappa shape index (κ3) is 6.44. The Kier molecular flexibility index (Phi) is 9.59. The summed E-state index contributed by atoms with van der Waals surface area (Å²) in [6.07, 6.45) is 3.29. The Hall–Kier alpha value is -6.76. The van der Waals surface area contributed by atoms with Gasteiger partial charge in [0.05, 0.1) is 52.0 Å². The van der Waals surface area contributed by atoms with Crippen molar-refractivity contribution in [2.45, 2.75) is 32.0 Å². The number of benzene rings is 5. The lowest BCUT2D eigenvalue weighted by Gasteiger charge is -2.28. The van der Waals surface area contributed by atoms with Gasteiger partial charge < -0.3 is 20.0 Å². The average Bonchev–Trinajstić information content (AvgIpc) is 3.82. The second kappa shape index (κ2) is 14.8. The monoisotopic (exact) mass is 748 g/mol. The molecule has 2 atom stereocenters. The van der Waals surface area contributed by atoms with Crippen molar-refractivity contribution in [2.24, 2.45) is 5.92 Å². The quantitative estimate of drug-likeness (QED) is 0.125. The van der Waals surface area contributed by atoms with Crippen LogP contribution in [-0.4, -0.2) is 59.6 Å². The molecule has 7 aromatic rings. The minimum atomic E-state index is -2.07. The normalized spacial score (nSPS) is 15.9. The van der Waals surface area contributed by atoms with Crippen molar-refractivity contribution in [3.8, 4) is 11.4 Å². The van der Waals surface area contributed by atoms with Crippen LogP contribution in [0.15, 0.2) is 143 Å². The van der Waals surface area contributed by atoms with Crippen LogP contribution in [0.1, 0.15) is 30.0 Å². The van der Waals surface area contributed by atoms with Gasteiger partial charge in [0.15, 0.2) is 5.60 Å². The van der Waals surface area contributed by atoms with E-state index in [-0.39, 0.29) is 43.1 Å². The van der Waals surface area contributed by atoms with Gasteiger partial charge in [-0.25, -0.2) is 9.36 Å². The zero-order valence-corrected chi connectivity index (χ0v) is 30.6. The van der Waals surface area contributed by atoms with Crippen LogP contribution in [-0.2, 0) is 28.3 Å². The number of para-hydroxylation sites is 2. The van der Waals surface area contributed by atoms with E-state index in [0.717, 1.165) is 5.56 Å². The number of nitrogens with one attached hydrogen (secondary N) is 2. The van der Waals surface area contributed by atoms with Crippen molar-refractivity contribution < 1.29 is 19.8 Å². The molecule has 2 aromatic heterocycles. The van der Waals surface area contributed by atoms with Crippen molar-refractivity contribution in [3.63, 3.8) is 0 Å². The highest BCUT2D eigenvalue weighted by Crippen LogP contribution is 2.46. The molecule has 0 fully saturated rings. The number of amides is 2. The minimum Gasteiger partial charge on any atom is -0.395 e. The standard InChI is InChI=1S/C44H40N6O6/c1-29(11-9-20-40(52)47(23-24-51)27-30-12-3-2-4-13-30)44(56)36-26-33(50-42(54)35-17-6-8-19-38(35)46-50)21-22-39(36)48(43(44)55)28-31-14-10-15-32(25-31)49-41(53)34-16-5-7-18-37(34)45-49/h2-19,21-22,25-26,29,45-46,51,56H,20,23-24,27-28H2,1H3/b11-9+/t29-,44+/m1/s1. The van der Waals surface area contributed by atoms with Crippen molar-refractivity contribution in [1.29, 1.82) is 0 Å². The van der Waals surface area contributed by atoms with Crippen LogP contribution in [0.4, 0.5) is 5.69 Å². The van der Waals surface area contributed by atoms with Crippen LogP contribution >= 0.6 is 0 Å². The maximum Gasteiger partial charge on any atom is 0.279 e. The topological polar surface area (TPSA) is 157 Å². The van der Waals surface area contributed by atoms with Gasteiger partial charge in [-0.05, 0) is 65.7 Å². The third-order valence-electron chi connectivity index (χ3n) is 10.5. The van der Waals surface area contributed by atoms with Crippen LogP contribution in [0.5, 0.6) is 0 Å². The molecule has 4 N–H and O–H groups in total. The third-order valence-corrected chi connectivity index (χ3v) is 10.5. The second-order valence-corrected chi connectivity index (χ2v) is 14.1. The molecule has 3 heterocycles. The maximum atomic E-state index is 14.6. The Morgan fingerprint density at radius 2 is 1.38 bits per heavy atom. The molecule has 0 radical (unpaired) electrons. The lowest BCUT2D eigenvalue weighted by atomic mass is 9.82. The van der Waals surface area contributed by atoms with Gasteiger partial charge in [0.1, 0.15) is 0 Å². The Bertz CT molecular complexity index is 2740. The van der Waals surface area contributed by atoms with Crippen LogP contribution in [0.3, 0.4) is 0 Å². The van der Waals surface area contributed by atoms with Crippen LogP contribution in [0.25, 0.3) is 33.2 Å². The van der Waals surface area contributed by atoms with Crippen LogP contribution in [0.2, 0.25) is 0 Å². The SMILES string of the molecule is C[C@H](/C=C/CC(=O)N(CCO)Cc1ccccc1)[C@@]1(O)C(=O)N(Cc2cccc(-n3[nH]c4ccccc4c3=O)c2)c2ccc(-n3[nH]c4ccccc4c3=O)cc21. The zero-order valence-electron chi connectivity index (χ0n) is 30.6. The fraction of sp³-hybridized carbons (Fsp3) is 0.182. The molecule has 282 valence electrons. The van der Waals surface area contributed by atoms with E-state index in [0.29, 0.717) is 56.5 Å². The molecule has 5 aromatic carbocycles. The number of hydrogen-bond donors (Lipinski definition) is 4. The number of rotatable bonds is 12. The molecule has 12 heteroatoms.